The molecule has 1 aliphatic heterocycles. The van der Waals surface area contributed by atoms with Crippen molar-refractivity contribution in [3.05, 3.63) is 17.8 Å². The summed E-state index contributed by atoms with van der Waals surface area (Å²) in [7, 11) is 0. The molecular weight excluding hydrogens is 230 g/mol. The molecule has 2 atom stereocenters. The van der Waals surface area contributed by atoms with E-state index in [1.807, 2.05) is 12.1 Å². The van der Waals surface area contributed by atoms with Crippen molar-refractivity contribution in [2.24, 2.45) is 0 Å². The summed E-state index contributed by atoms with van der Waals surface area (Å²) < 4.78 is 5.85. The van der Waals surface area contributed by atoms with Crippen LogP contribution >= 0.6 is 0 Å². The van der Waals surface area contributed by atoms with Crippen LogP contribution in [0, 0.1) is 0 Å². The Hall–Kier alpha value is -1.20. The lowest BCUT2D eigenvalue weighted by atomic mass is 9.90. The van der Waals surface area contributed by atoms with Gasteiger partial charge in [0.05, 0.1) is 31.1 Å². The van der Waals surface area contributed by atoms with E-state index in [0.717, 1.165) is 25.4 Å². The number of nitrogens with zero attached hydrogens (tertiary/aromatic N) is 3. The minimum atomic E-state index is -0.0531. The van der Waals surface area contributed by atoms with E-state index in [1.54, 1.807) is 0 Å². The number of hydrogen-bond donors (Lipinski definition) is 1. The van der Waals surface area contributed by atoms with E-state index in [1.165, 1.54) is 19.3 Å². The Bertz CT molecular complexity index is 394. The molecule has 1 aromatic heterocycles. The Morgan fingerprint density at radius 2 is 2.17 bits per heavy atom. The Kier molecular flexibility index (Phi) is 3.43. The second kappa shape index (κ2) is 5.20. The van der Waals surface area contributed by atoms with Crippen molar-refractivity contribution < 1.29 is 9.84 Å². The number of rotatable bonds is 2. The molecular formula is C13H19N3O2. The minimum Gasteiger partial charge on any atom is -0.390 e. The largest absolute Gasteiger partial charge is 0.390 e. The molecule has 1 saturated carbocycles. The first-order valence-corrected chi connectivity index (χ1v) is 6.70. The number of ether oxygens (including phenoxy) is 1. The van der Waals surface area contributed by atoms with Crippen LogP contribution in [0.5, 0.6) is 0 Å². The summed E-state index contributed by atoms with van der Waals surface area (Å²) in [5.74, 6) is 0.910. The first-order chi connectivity index (χ1) is 8.88. The quantitative estimate of drug-likeness (QED) is 0.851. The molecule has 1 aliphatic carbocycles. The van der Waals surface area contributed by atoms with Crippen molar-refractivity contribution in [3.8, 4) is 0 Å². The summed E-state index contributed by atoms with van der Waals surface area (Å²) >= 11 is 0. The van der Waals surface area contributed by atoms with E-state index in [2.05, 4.69) is 15.1 Å². The Morgan fingerprint density at radius 3 is 2.94 bits per heavy atom. The third-order valence-electron chi connectivity index (χ3n) is 3.89. The summed E-state index contributed by atoms with van der Waals surface area (Å²) in [6.45, 7) is 1.60. The maximum absolute atomic E-state index is 8.99. The van der Waals surface area contributed by atoms with Crippen LogP contribution in [0.1, 0.15) is 31.4 Å². The van der Waals surface area contributed by atoms with Gasteiger partial charge < -0.3 is 14.7 Å². The molecule has 1 aromatic rings. The van der Waals surface area contributed by atoms with Crippen molar-refractivity contribution in [1.29, 1.82) is 0 Å². The molecule has 5 heteroatoms. The summed E-state index contributed by atoms with van der Waals surface area (Å²) in [5.41, 5.74) is 0.618. The zero-order valence-corrected chi connectivity index (χ0v) is 10.5. The topological polar surface area (TPSA) is 58.5 Å². The van der Waals surface area contributed by atoms with Crippen LogP contribution in [-0.4, -0.2) is 40.6 Å². The third-order valence-corrected chi connectivity index (χ3v) is 3.89. The van der Waals surface area contributed by atoms with Gasteiger partial charge in [-0.15, -0.1) is 5.10 Å². The van der Waals surface area contributed by atoms with Gasteiger partial charge in [0.2, 0.25) is 0 Å². The highest BCUT2D eigenvalue weighted by atomic mass is 16.5. The van der Waals surface area contributed by atoms with E-state index < -0.39 is 0 Å². The number of anilines is 1. The highest BCUT2D eigenvalue weighted by Crippen LogP contribution is 2.30. The molecule has 3 rings (SSSR count). The number of aliphatic hydroxyl groups is 1. The lowest BCUT2D eigenvalue weighted by Crippen LogP contribution is -2.53. The van der Waals surface area contributed by atoms with E-state index in [4.69, 9.17) is 9.84 Å². The van der Waals surface area contributed by atoms with Gasteiger partial charge in [-0.05, 0) is 25.0 Å². The average molecular weight is 249 g/mol. The molecule has 0 bridgehead atoms. The Labute approximate surface area is 107 Å². The van der Waals surface area contributed by atoms with Crippen molar-refractivity contribution in [3.63, 3.8) is 0 Å². The second-order valence-corrected chi connectivity index (χ2v) is 5.00. The molecule has 18 heavy (non-hydrogen) atoms. The summed E-state index contributed by atoms with van der Waals surface area (Å²) in [4.78, 5) is 2.32. The molecule has 1 N–H and O–H groups in total. The molecule has 0 aromatic carbocycles. The standard InChI is InChI=1S/C13H19N3O2/c17-9-10-5-6-13(15-14-10)16-7-8-18-12-4-2-1-3-11(12)16/h5-6,11-12,17H,1-4,7-9H2. The van der Waals surface area contributed by atoms with Crippen LogP contribution in [0.2, 0.25) is 0 Å². The predicted molar refractivity (Wildman–Crippen MR) is 67.3 cm³/mol. The van der Waals surface area contributed by atoms with E-state index >= 15 is 0 Å². The van der Waals surface area contributed by atoms with Crippen LogP contribution in [0.25, 0.3) is 0 Å². The molecule has 0 radical (unpaired) electrons. The molecule has 5 nitrogen and oxygen atoms in total. The molecule has 1 saturated heterocycles. The van der Waals surface area contributed by atoms with Crippen LogP contribution in [-0.2, 0) is 11.3 Å². The number of hydrogen-bond acceptors (Lipinski definition) is 5. The van der Waals surface area contributed by atoms with Crippen LogP contribution in [0.4, 0.5) is 5.82 Å². The van der Waals surface area contributed by atoms with Gasteiger partial charge in [0.15, 0.2) is 5.82 Å². The molecule has 0 amide bonds. The highest BCUT2D eigenvalue weighted by molar-refractivity contribution is 5.40. The van der Waals surface area contributed by atoms with Crippen molar-refractivity contribution in [2.45, 2.75) is 44.4 Å². The van der Waals surface area contributed by atoms with Crippen molar-refractivity contribution in [2.75, 3.05) is 18.1 Å². The molecule has 2 fully saturated rings. The number of aliphatic hydroxyl groups excluding tert-OH is 1. The van der Waals surface area contributed by atoms with Gasteiger partial charge in [0.1, 0.15) is 0 Å². The molecule has 98 valence electrons. The van der Waals surface area contributed by atoms with Crippen LogP contribution in [0.15, 0.2) is 12.1 Å². The molecule has 2 aliphatic rings. The maximum Gasteiger partial charge on any atom is 0.151 e. The Morgan fingerprint density at radius 1 is 1.28 bits per heavy atom. The lowest BCUT2D eigenvalue weighted by molar-refractivity contribution is -0.00905. The number of fused-ring (bicyclic) bond motifs is 1. The zero-order valence-electron chi connectivity index (χ0n) is 10.5. The fourth-order valence-corrected chi connectivity index (χ4v) is 2.97. The first-order valence-electron chi connectivity index (χ1n) is 6.70. The zero-order chi connectivity index (χ0) is 12.4. The van der Waals surface area contributed by atoms with Crippen LogP contribution < -0.4 is 4.90 Å². The van der Waals surface area contributed by atoms with Crippen molar-refractivity contribution in [1.82, 2.24) is 10.2 Å². The monoisotopic (exact) mass is 249 g/mol. The SMILES string of the molecule is OCc1ccc(N2CCOC3CCCCC32)nn1. The number of aromatic nitrogens is 2. The summed E-state index contributed by atoms with van der Waals surface area (Å²) in [6.07, 6.45) is 5.22. The lowest BCUT2D eigenvalue weighted by Gasteiger charge is -2.44. The first kappa shape index (κ1) is 11.9. The molecule has 0 spiro atoms. The van der Waals surface area contributed by atoms with Crippen LogP contribution in [0.3, 0.4) is 0 Å². The summed E-state index contributed by atoms with van der Waals surface area (Å²) in [5, 5.41) is 17.2. The fraction of sp³-hybridized carbons (Fsp3) is 0.692. The minimum absolute atomic E-state index is 0.0531. The van der Waals surface area contributed by atoms with Gasteiger partial charge in [0, 0.05) is 6.54 Å². The van der Waals surface area contributed by atoms with Gasteiger partial charge in [-0.3, -0.25) is 0 Å². The van der Waals surface area contributed by atoms with Crippen molar-refractivity contribution >= 4 is 5.82 Å². The average Bonchev–Trinajstić information content (AvgIpc) is 2.47. The van der Waals surface area contributed by atoms with Gasteiger partial charge in [-0.2, -0.15) is 5.10 Å². The third kappa shape index (κ3) is 2.20. The smallest absolute Gasteiger partial charge is 0.151 e. The second-order valence-electron chi connectivity index (χ2n) is 5.00. The predicted octanol–water partition coefficient (Wildman–Crippen LogP) is 1.12. The van der Waals surface area contributed by atoms with Gasteiger partial charge >= 0.3 is 0 Å². The summed E-state index contributed by atoms with van der Waals surface area (Å²) in [6, 6.07) is 4.24. The van der Waals surface area contributed by atoms with Gasteiger partial charge in [-0.25, -0.2) is 0 Å². The highest BCUT2D eigenvalue weighted by Gasteiger charge is 2.34. The maximum atomic E-state index is 8.99. The van der Waals surface area contributed by atoms with E-state index in [0.29, 0.717) is 17.8 Å². The van der Waals surface area contributed by atoms with E-state index in [-0.39, 0.29) is 6.61 Å². The van der Waals surface area contributed by atoms with Gasteiger partial charge in [-0.1, -0.05) is 12.8 Å². The Balaban J connectivity index is 1.80. The normalized spacial score (nSPS) is 27.9. The molecule has 2 heterocycles. The molecule has 2 unspecified atom stereocenters. The number of morpholine rings is 1. The van der Waals surface area contributed by atoms with Gasteiger partial charge in [0.25, 0.3) is 0 Å². The fourth-order valence-electron chi connectivity index (χ4n) is 2.97. The van der Waals surface area contributed by atoms with E-state index in [9.17, 15) is 0 Å².